The summed E-state index contributed by atoms with van der Waals surface area (Å²) in [6.45, 7) is 3.30. The van der Waals surface area contributed by atoms with Crippen molar-refractivity contribution in [3.05, 3.63) is 0 Å². The standard InChI is InChI=1S/C12H23O6P/c1-3-5-10(2)9-19(16,17)7-4-6-12(15)18-8-11(13)14/h10H,3-9H2,1-2H3,(H,13,14)(H,16,17). The van der Waals surface area contributed by atoms with Crippen molar-refractivity contribution in [2.45, 2.75) is 39.5 Å². The SMILES string of the molecule is CCCC(C)CP(=O)(O)CCCC(=O)OCC(=O)O. The molecule has 2 atom stereocenters. The maximum absolute atomic E-state index is 11.9. The van der Waals surface area contributed by atoms with Crippen LogP contribution in [0, 0.1) is 5.92 Å². The molecule has 2 N–H and O–H groups in total. The highest BCUT2D eigenvalue weighted by Gasteiger charge is 2.21. The van der Waals surface area contributed by atoms with Crippen LogP contribution in [0.3, 0.4) is 0 Å². The van der Waals surface area contributed by atoms with Crippen LogP contribution < -0.4 is 0 Å². The molecule has 0 fully saturated rings. The molecule has 0 rings (SSSR count). The number of aliphatic carboxylic acids is 1. The molecule has 0 aliphatic carbocycles. The lowest BCUT2D eigenvalue weighted by atomic mass is 10.1. The molecule has 0 bridgehead atoms. The Morgan fingerprint density at radius 2 is 2.00 bits per heavy atom. The van der Waals surface area contributed by atoms with Crippen molar-refractivity contribution >= 4 is 19.3 Å². The molecule has 0 aromatic carbocycles. The van der Waals surface area contributed by atoms with E-state index in [1.165, 1.54) is 0 Å². The predicted molar refractivity (Wildman–Crippen MR) is 71.5 cm³/mol. The second-order valence-electron chi connectivity index (χ2n) is 4.80. The molecule has 0 radical (unpaired) electrons. The van der Waals surface area contributed by atoms with Gasteiger partial charge in [0, 0.05) is 18.7 Å². The van der Waals surface area contributed by atoms with Crippen molar-refractivity contribution in [2.75, 3.05) is 18.9 Å². The van der Waals surface area contributed by atoms with Gasteiger partial charge in [-0.15, -0.1) is 0 Å². The number of rotatable bonds is 10. The Morgan fingerprint density at radius 3 is 2.53 bits per heavy atom. The van der Waals surface area contributed by atoms with E-state index in [2.05, 4.69) is 4.74 Å². The summed E-state index contributed by atoms with van der Waals surface area (Å²) in [5.74, 6) is -1.67. The minimum absolute atomic E-state index is 0.0278. The van der Waals surface area contributed by atoms with Crippen LogP contribution in [0.5, 0.6) is 0 Å². The van der Waals surface area contributed by atoms with Gasteiger partial charge in [-0.3, -0.25) is 9.36 Å². The van der Waals surface area contributed by atoms with E-state index in [1.807, 2.05) is 13.8 Å². The first-order valence-electron chi connectivity index (χ1n) is 6.45. The van der Waals surface area contributed by atoms with Gasteiger partial charge in [-0.25, -0.2) is 4.79 Å². The number of esters is 1. The number of hydrogen-bond donors (Lipinski definition) is 2. The van der Waals surface area contributed by atoms with Gasteiger partial charge >= 0.3 is 11.9 Å². The molecule has 0 saturated heterocycles. The van der Waals surface area contributed by atoms with Gasteiger partial charge < -0.3 is 14.7 Å². The lowest BCUT2D eigenvalue weighted by Crippen LogP contribution is -2.13. The normalized spacial score (nSPS) is 15.5. The number of ether oxygens (including phenoxy) is 1. The summed E-state index contributed by atoms with van der Waals surface area (Å²) in [5, 5.41) is 8.30. The van der Waals surface area contributed by atoms with Crippen molar-refractivity contribution in [1.29, 1.82) is 0 Å². The zero-order valence-electron chi connectivity index (χ0n) is 11.5. The third-order valence-electron chi connectivity index (χ3n) is 2.62. The van der Waals surface area contributed by atoms with Crippen LogP contribution >= 0.6 is 7.37 Å². The van der Waals surface area contributed by atoms with Crippen LogP contribution in [0.2, 0.25) is 0 Å². The summed E-state index contributed by atoms with van der Waals surface area (Å²) in [6.07, 6.45) is 2.44. The van der Waals surface area contributed by atoms with Gasteiger partial charge in [0.15, 0.2) is 6.61 Å². The lowest BCUT2D eigenvalue weighted by Gasteiger charge is -2.16. The van der Waals surface area contributed by atoms with Crippen LogP contribution in [-0.2, 0) is 18.9 Å². The lowest BCUT2D eigenvalue weighted by molar-refractivity contribution is -0.155. The van der Waals surface area contributed by atoms with Crippen LogP contribution in [0.1, 0.15) is 39.5 Å². The second kappa shape index (κ2) is 9.10. The third kappa shape index (κ3) is 10.7. The molecular weight excluding hydrogens is 271 g/mol. The molecule has 0 saturated carbocycles. The van der Waals surface area contributed by atoms with Crippen molar-refractivity contribution < 1.29 is 28.9 Å². The van der Waals surface area contributed by atoms with Crippen LogP contribution in [0.15, 0.2) is 0 Å². The van der Waals surface area contributed by atoms with Crippen molar-refractivity contribution in [3.8, 4) is 0 Å². The Bertz CT molecular complexity index is 341. The fourth-order valence-electron chi connectivity index (χ4n) is 1.85. The van der Waals surface area contributed by atoms with E-state index < -0.39 is 25.9 Å². The van der Waals surface area contributed by atoms with E-state index in [1.54, 1.807) is 0 Å². The number of carboxylic acid groups (broad SMARTS) is 1. The highest BCUT2D eigenvalue weighted by Crippen LogP contribution is 2.44. The molecule has 0 aliphatic heterocycles. The molecule has 6 nitrogen and oxygen atoms in total. The molecule has 7 heteroatoms. The van der Waals surface area contributed by atoms with Gasteiger partial charge in [0.05, 0.1) is 0 Å². The molecular formula is C12H23O6P. The summed E-state index contributed by atoms with van der Waals surface area (Å²) in [7, 11) is -3.20. The van der Waals surface area contributed by atoms with Gasteiger partial charge in [0.2, 0.25) is 7.37 Å². The van der Waals surface area contributed by atoms with Gasteiger partial charge in [0.1, 0.15) is 0 Å². The molecule has 0 aromatic heterocycles. The summed E-state index contributed by atoms with van der Waals surface area (Å²) in [5.41, 5.74) is 0. The Hall–Kier alpha value is -0.870. The Morgan fingerprint density at radius 1 is 1.37 bits per heavy atom. The third-order valence-corrected chi connectivity index (χ3v) is 4.83. The zero-order valence-corrected chi connectivity index (χ0v) is 12.4. The molecule has 0 heterocycles. The van der Waals surface area contributed by atoms with Gasteiger partial charge in [-0.2, -0.15) is 0 Å². The average molecular weight is 294 g/mol. The Kier molecular flexibility index (Phi) is 8.68. The number of carbonyl (C=O) groups excluding carboxylic acids is 1. The number of carboxylic acids is 1. The highest BCUT2D eigenvalue weighted by molar-refractivity contribution is 7.57. The molecule has 112 valence electrons. The van der Waals surface area contributed by atoms with E-state index in [-0.39, 0.29) is 31.1 Å². The molecule has 0 amide bonds. The molecule has 0 aromatic rings. The predicted octanol–water partition coefficient (Wildman–Crippen LogP) is 2.10. The highest BCUT2D eigenvalue weighted by atomic mass is 31.2. The number of hydrogen-bond acceptors (Lipinski definition) is 4. The molecule has 2 unspecified atom stereocenters. The minimum Gasteiger partial charge on any atom is -0.479 e. The Balaban J connectivity index is 3.88. The van der Waals surface area contributed by atoms with E-state index in [0.29, 0.717) is 0 Å². The van der Waals surface area contributed by atoms with Crippen molar-refractivity contribution in [3.63, 3.8) is 0 Å². The fraction of sp³-hybridized carbons (Fsp3) is 0.833. The van der Waals surface area contributed by atoms with E-state index in [4.69, 9.17) is 5.11 Å². The van der Waals surface area contributed by atoms with Crippen LogP contribution in [0.4, 0.5) is 0 Å². The monoisotopic (exact) mass is 294 g/mol. The quantitative estimate of drug-likeness (QED) is 0.472. The number of carbonyl (C=O) groups is 2. The zero-order chi connectivity index (χ0) is 14.9. The van der Waals surface area contributed by atoms with E-state index in [0.717, 1.165) is 12.8 Å². The van der Waals surface area contributed by atoms with E-state index in [9.17, 15) is 19.0 Å². The molecule has 0 aliphatic rings. The first-order valence-corrected chi connectivity index (χ1v) is 8.48. The minimum atomic E-state index is -3.20. The summed E-state index contributed by atoms with van der Waals surface area (Å²) in [6, 6.07) is 0. The first-order chi connectivity index (χ1) is 8.76. The topological polar surface area (TPSA) is 101 Å². The van der Waals surface area contributed by atoms with Crippen LogP contribution in [0.25, 0.3) is 0 Å². The van der Waals surface area contributed by atoms with Crippen molar-refractivity contribution in [1.82, 2.24) is 0 Å². The fourth-order valence-corrected chi connectivity index (χ4v) is 3.84. The summed E-state index contributed by atoms with van der Waals surface area (Å²) < 4.78 is 16.3. The van der Waals surface area contributed by atoms with Crippen molar-refractivity contribution in [2.24, 2.45) is 5.92 Å². The van der Waals surface area contributed by atoms with E-state index >= 15 is 0 Å². The molecule has 0 spiro atoms. The summed E-state index contributed by atoms with van der Waals surface area (Å²) in [4.78, 5) is 31.0. The maximum Gasteiger partial charge on any atom is 0.341 e. The summed E-state index contributed by atoms with van der Waals surface area (Å²) >= 11 is 0. The van der Waals surface area contributed by atoms with Gasteiger partial charge in [-0.05, 0) is 12.3 Å². The van der Waals surface area contributed by atoms with Crippen LogP contribution in [-0.4, -0.2) is 40.9 Å². The van der Waals surface area contributed by atoms with Gasteiger partial charge in [0.25, 0.3) is 0 Å². The molecule has 19 heavy (non-hydrogen) atoms. The smallest absolute Gasteiger partial charge is 0.341 e. The Labute approximate surface area is 113 Å². The maximum atomic E-state index is 11.9. The second-order valence-corrected chi connectivity index (χ2v) is 7.31. The van der Waals surface area contributed by atoms with Gasteiger partial charge in [-0.1, -0.05) is 26.7 Å². The average Bonchev–Trinajstić information content (AvgIpc) is 2.25. The first kappa shape index (κ1) is 18.1. The largest absolute Gasteiger partial charge is 0.479 e.